The normalized spacial score (nSPS) is 11.9. The molecule has 0 bridgehead atoms. The molecule has 82 valence electrons. The Morgan fingerprint density at radius 3 is 2.73 bits per heavy atom. The van der Waals surface area contributed by atoms with E-state index in [0.29, 0.717) is 11.4 Å². The number of nitrogens with two attached hydrogens (primary N) is 1. The van der Waals surface area contributed by atoms with Crippen LogP contribution in [0.4, 0.5) is 0 Å². The molecule has 0 saturated heterocycles. The first-order chi connectivity index (χ1) is 7.02. The molecule has 0 radical (unpaired) electrons. The Kier molecular flexibility index (Phi) is 3.43. The standard InChI is InChI=1S/C9H14N4O2/c1-5(2)15-9-11-6(3)4-7(12-9)8(10)13-14/h4-5,14H,1-3H3,(H2,10,13). The van der Waals surface area contributed by atoms with E-state index in [4.69, 9.17) is 15.7 Å². The van der Waals surface area contributed by atoms with Crippen LogP contribution < -0.4 is 10.5 Å². The lowest BCUT2D eigenvalue weighted by Gasteiger charge is -2.09. The molecule has 6 heteroatoms. The van der Waals surface area contributed by atoms with Crippen LogP contribution in [0.25, 0.3) is 0 Å². The minimum atomic E-state index is -0.0610. The molecule has 0 aliphatic carbocycles. The van der Waals surface area contributed by atoms with Crippen LogP contribution in [-0.2, 0) is 0 Å². The number of aromatic nitrogens is 2. The molecule has 0 aromatic carbocycles. The van der Waals surface area contributed by atoms with Crippen LogP contribution in [-0.4, -0.2) is 27.1 Å². The van der Waals surface area contributed by atoms with Crippen LogP contribution in [0.1, 0.15) is 25.2 Å². The molecule has 3 N–H and O–H groups in total. The van der Waals surface area contributed by atoms with Crippen LogP contribution in [0, 0.1) is 6.92 Å². The van der Waals surface area contributed by atoms with E-state index in [-0.39, 0.29) is 18.0 Å². The van der Waals surface area contributed by atoms with Gasteiger partial charge in [-0.3, -0.25) is 0 Å². The highest BCUT2D eigenvalue weighted by Gasteiger charge is 2.08. The number of nitrogens with zero attached hydrogens (tertiary/aromatic N) is 3. The Labute approximate surface area is 87.8 Å². The van der Waals surface area contributed by atoms with Gasteiger partial charge in [0.2, 0.25) is 0 Å². The fourth-order valence-electron chi connectivity index (χ4n) is 0.987. The first kappa shape index (κ1) is 11.2. The van der Waals surface area contributed by atoms with Crippen LogP contribution in [0.2, 0.25) is 0 Å². The summed E-state index contributed by atoms with van der Waals surface area (Å²) in [5.74, 6) is -0.0610. The van der Waals surface area contributed by atoms with Crippen LogP contribution in [0.5, 0.6) is 6.01 Å². The average molecular weight is 210 g/mol. The van der Waals surface area contributed by atoms with Crippen LogP contribution >= 0.6 is 0 Å². The number of hydrogen-bond donors (Lipinski definition) is 2. The van der Waals surface area contributed by atoms with E-state index in [2.05, 4.69) is 15.1 Å². The molecular weight excluding hydrogens is 196 g/mol. The number of rotatable bonds is 3. The van der Waals surface area contributed by atoms with Gasteiger partial charge in [0, 0.05) is 5.69 Å². The maximum Gasteiger partial charge on any atom is 0.317 e. The smallest absolute Gasteiger partial charge is 0.317 e. The van der Waals surface area contributed by atoms with E-state index < -0.39 is 0 Å². The minimum absolute atomic E-state index is 0.0214. The van der Waals surface area contributed by atoms with Crippen molar-refractivity contribution in [1.82, 2.24) is 9.97 Å². The molecule has 0 fully saturated rings. The van der Waals surface area contributed by atoms with E-state index in [0.717, 1.165) is 0 Å². The summed E-state index contributed by atoms with van der Waals surface area (Å²) in [5, 5.41) is 11.4. The zero-order valence-electron chi connectivity index (χ0n) is 8.93. The van der Waals surface area contributed by atoms with Gasteiger partial charge in [0.1, 0.15) is 5.69 Å². The van der Waals surface area contributed by atoms with Crippen molar-refractivity contribution < 1.29 is 9.94 Å². The first-order valence-corrected chi connectivity index (χ1v) is 4.53. The molecular formula is C9H14N4O2. The maximum absolute atomic E-state index is 8.51. The summed E-state index contributed by atoms with van der Waals surface area (Å²) in [6, 6.07) is 1.84. The van der Waals surface area contributed by atoms with Gasteiger partial charge >= 0.3 is 6.01 Å². The maximum atomic E-state index is 8.51. The summed E-state index contributed by atoms with van der Waals surface area (Å²) in [7, 11) is 0. The van der Waals surface area contributed by atoms with Gasteiger partial charge in [0.25, 0.3) is 0 Å². The van der Waals surface area contributed by atoms with Gasteiger partial charge in [0.15, 0.2) is 5.84 Å². The summed E-state index contributed by atoms with van der Waals surface area (Å²) in [4.78, 5) is 8.06. The summed E-state index contributed by atoms with van der Waals surface area (Å²) in [6.45, 7) is 5.52. The lowest BCUT2D eigenvalue weighted by Crippen LogP contribution is -2.17. The number of hydrogen-bond acceptors (Lipinski definition) is 5. The Hall–Kier alpha value is -1.85. The molecule has 0 saturated carbocycles. The second-order valence-corrected chi connectivity index (χ2v) is 3.33. The first-order valence-electron chi connectivity index (χ1n) is 4.53. The number of amidine groups is 1. The zero-order valence-corrected chi connectivity index (χ0v) is 8.93. The Balaban J connectivity index is 3.05. The van der Waals surface area contributed by atoms with Crippen molar-refractivity contribution in [2.75, 3.05) is 0 Å². The lowest BCUT2D eigenvalue weighted by atomic mass is 10.3. The molecule has 0 aliphatic rings. The van der Waals surface area contributed by atoms with Crippen molar-refractivity contribution in [3.63, 3.8) is 0 Å². The quantitative estimate of drug-likeness (QED) is 0.331. The Bertz CT molecular complexity index is 376. The van der Waals surface area contributed by atoms with Crippen molar-refractivity contribution in [3.8, 4) is 6.01 Å². The van der Waals surface area contributed by atoms with Gasteiger partial charge in [-0.2, -0.15) is 4.98 Å². The molecule has 0 aliphatic heterocycles. The molecule has 1 heterocycles. The molecule has 1 aromatic rings. The highest BCUT2D eigenvalue weighted by atomic mass is 16.5. The van der Waals surface area contributed by atoms with E-state index in [9.17, 15) is 0 Å². The third-order valence-electron chi connectivity index (χ3n) is 1.54. The number of aryl methyl sites for hydroxylation is 1. The Morgan fingerprint density at radius 1 is 1.53 bits per heavy atom. The average Bonchev–Trinajstić information content (AvgIpc) is 2.14. The highest BCUT2D eigenvalue weighted by molar-refractivity contribution is 5.95. The van der Waals surface area contributed by atoms with Gasteiger partial charge in [-0.1, -0.05) is 5.16 Å². The third-order valence-corrected chi connectivity index (χ3v) is 1.54. The Morgan fingerprint density at radius 2 is 2.20 bits per heavy atom. The van der Waals surface area contributed by atoms with Crippen molar-refractivity contribution in [2.45, 2.75) is 26.9 Å². The fourth-order valence-corrected chi connectivity index (χ4v) is 0.987. The molecule has 0 amide bonds. The van der Waals surface area contributed by atoms with Crippen LogP contribution in [0.3, 0.4) is 0 Å². The molecule has 15 heavy (non-hydrogen) atoms. The molecule has 6 nitrogen and oxygen atoms in total. The van der Waals surface area contributed by atoms with Gasteiger partial charge in [-0.25, -0.2) is 4.98 Å². The largest absolute Gasteiger partial charge is 0.461 e. The zero-order chi connectivity index (χ0) is 11.4. The monoisotopic (exact) mass is 210 g/mol. The molecule has 1 rings (SSSR count). The topological polar surface area (TPSA) is 93.6 Å². The van der Waals surface area contributed by atoms with Gasteiger partial charge in [0.05, 0.1) is 6.10 Å². The van der Waals surface area contributed by atoms with Gasteiger partial charge < -0.3 is 15.7 Å². The second kappa shape index (κ2) is 4.59. The van der Waals surface area contributed by atoms with E-state index in [1.807, 2.05) is 13.8 Å². The van der Waals surface area contributed by atoms with Crippen molar-refractivity contribution in [1.29, 1.82) is 0 Å². The predicted octanol–water partition coefficient (Wildman–Crippen LogP) is 0.667. The summed E-state index contributed by atoms with van der Waals surface area (Å²) >= 11 is 0. The van der Waals surface area contributed by atoms with E-state index in [1.54, 1.807) is 13.0 Å². The minimum Gasteiger partial charge on any atom is -0.461 e. The number of oxime groups is 1. The van der Waals surface area contributed by atoms with Gasteiger partial charge in [-0.15, -0.1) is 0 Å². The van der Waals surface area contributed by atoms with Crippen molar-refractivity contribution in [3.05, 3.63) is 17.5 Å². The van der Waals surface area contributed by atoms with Gasteiger partial charge in [-0.05, 0) is 26.8 Å². The summed E-state index contributed by atoms with van der Waals surface area (Å²) in [5.41, 5.74) is 6.46. The lowest BCUT2D eigenvalue weighted by molar-refractivity contribution is 0.221. The third kappa shape index (κ3) is 3.08. The second-order valence-electron chi connectivity index (χ2n) is 3.33. The molecule has 1 aromatic heterocycles. The fraction of sp³-hybridized carbons (Fsp3) is 0.444. The summed E-state index contributed by atoms with van der Waals surface area (Å²) < 4.78 is 5.32. The summed E-state index contributed by atoms with van der Waals surface area (Å²) in [6.07, 6.45) is -0.0214. The van der Waals surface area contributed by atoms with E-state index in [1.165, 1.54) is 0 Å². The molecule has 0 spiro atoms. The predicted molar refractivity (Wildman–Crippen MR) is 55.0 cm³/mol. The van der Waals surface area contributed by atoms with Crippen molar-refractivity contribution >= 4 is 5.84 Å². The van der Waals surface area contributed by atoms with Crippen LogP contribution in [0.15, 0.2) is 11.2 Å². The molecule has 0 atom stereocenters. The van der Waals surface area contributed by atoms with E-state index >= 15 is 0 Å². The molecule has 0 unspecified atom stereocenters. The van der Waals surface area contributed by atoms with Crippen molar-refractivity contribution in [2.24, 2.45) is 10.9 Å². The SMILES string of the molecule is Cc1cc(/C(N)=N/O)nc(OC(C)C)n1. The number of ether oxygens (including phenoxy) is 1. The highest BCUT2D eigenvalue weighted by Crippen LogP contribution is 2.08.